The molecule has 0 spiro atoms. The molecule has 0 aliphatic heterocycles. The number of carboxylic acid groups (broad SMARTS) is 1. The highest BCUT2D eigenvalue weighted by molar-refractivity contribution is 5.80. The lowest BCUT2D eigenvalue weighted by molar-refractivity contribution is -0.281. The normalized spacial score (nSPS) is 13.2. The molecule has 0 radical (unpaired) electrons. The summed E-state index contributed by atoms with van der Waals surface area (Å²) in [6.07, 6.45) is 18.6. The van der Waals surface area contributed by atoms with Gasteiger partial charge in [-0.05, 0) is 25.7 Å². The monoisotopic (exact) mass is 312 g/mol. The van der Waals surface area contributed by atoms with Crippen molar-refractivity contribution in [2.45, 2.75) is 83.7 Å². The summed E-state index contributed by atoms with van der Waals surface area (Å²) in [5.74, 6) is -0.922. The molecule has 0 rings (SSSR count). The molecule has 128 valence electrons. The minimum atomic E-state index is -0.922. The number of rotatable bonds is 15. The van der Waals surface area contributed by atoms with E-state index in [0.717, 1.165) is 51.0 Å². The van der Waals surface area contributed by atoms with Crippen LogP contribution in [0.25, 0.3) is 0 Å². The van der Waals surface area contributed by atoms with Crippen LogP contribution in [-0.4, -0.2) is 22.4 Å². The highest BCUT2D eigenvalue weighted by atomic mass is 17.1. The SMILES string of the molecule is CCCCCCC[C@H](CCCCCC=CC=CC(=O)O)OO. The van der Waals surface area contributed by atoms with Crippen LogP contribution in [0.4, 0.5) is 0 Å². The molecule has 0 heterocycles. The van der Waals surface area contributed by atoms with Gasteiger partial charge in [-0.2, -0.15) is 0 Å². The van der Waals surface area contributed by atoms with Crippen LogP contribution in [-0.2, 0) is 9.68 Å². The van der Waals surface area contributed by atoms with Gasteiger partial charge >= 0.3 is 5.97 Å². The molecule has 0 unspecified atom stereocenters. The van der Waals surface area contributed by atoms with Crippen molar-refractivity contribution >= 4 is 5.97 Å². The summed E-state index contributed by atoms with van der Waals surface area (Å²) in [7, 11) is 0. The molecule has 0 aliphatic rings. The van der Waals surface area contributed by atoms with Crippen LogP contribution >= 0.6 is 0 Å². The van der Waals surface area contributed by atoms with E-state index >= 15 is 0 Å². The Morgan fingerprint density at radius 1 is 1.00 bits per heavy atom. The molecule has 0 saturated heterocycles. The van der Waals surface area contributed by atoms with Crippen molar-refractivity contribution < 1.29 is 20.0 Å². The molecule has 0 aliphatic carbocycles. The van der Waals surface area contributed by atoms with Crippen LogP contribution in [0.5, 0.6) is 0 Å². The Morgan fingerprint density at radius 2 is 1.64 bits per heavy atom. The summed E-state index contributed by atoms with van der Waals surface area (Å²) in [4.78, 5) is 14.8. The number of unbranched alkanes of at least 4 members (excludes halogenated alkanes) is 7. The fourth-order valence-corrected chi connectivity index (χ4v) is 2.35. The summed E-state index contributed by atoms with van der Waals surface area (Å²) in [5.41, 5.74) is 0. The fourth-order valence-electron chi connectivity index (χ4n) is 2.35. The predicted octanol–water partition coefficient (Wildman–Crippen LogP) is 5.35. The molecule has 22 heavy (non-hydrogen) atoms. The zero-order valence-electron chi connectivity index (χ0n) is 13.9. The number of carboxylic acids is 1. The smallest absolute Gasteiger partial charge is 0.328 e. The third-order valence-corrected chi connectivity index (χ3v) is 3.66. The van der Waals surface area contributed by atoms with E-state index in [0.29, 0.717) is 0 Å². The molecular formula is C18H32O4. The van der Waals surface area contributed by atoms with E-state index in [4.69, 9.17) is 10.4 Å². The van der Waals surface area contributed by atoms with Gasteiger partial charge in [0, 0.05) is 6.08 Å². The van der Waals surface area contributed by atoms with Gasteiger partial charge in [0.2, 0.25) is 0 Å². The lowest BCUT2D eigenvalue weighted by atomic mass is 10.0. The molecule has 0 saturated carbocycles. The lowest BCUT2D eigenvalue weighted by Crippen LogP contribution is -2.10. The number of carbonyl (C=O) groups is 1. The van der Waals surface area contributed by atoms with E-state index in [9.17, 15) is 4.79 Å². The van der Waals surface area contributed by atoms with Crippen molar-refractivity contribution in [3.05, 3.63) is 24.3 Å². The van der Waals surface area contributed by atoms with Gasteiger partial charge in [-0.3, -0.25) is 5.26 Å². The predicted molar refractivity (Wildman–Crippen MR) is 89.9 cm³/mol. The quantitative estimate of drug-likeness (QED) is 0.141. The highest BCUT2D eigenvalue weighted by Crippen LogP contribution is 2.15. The fraction of sp³-hybridized carbons (Fsp3) is 0.722. The summed E-state index contributed by atoms with van der Waals surface area (Å²) in [6, 6.07) is 0. The number of hydrogen-bond acceptors (Lipinski definition) is 3. The van der Waals surface area contributed by atoms with Crippen molar-refractivity contribution in [2.75, 3.05) is 0 Å². The van der Waals surface area contributed by atoms with Crippen molar-refractivity contribution in [3.63, 3.8) is 0 Å². The summed E-state index contributed by atoms with van der Waals surface area (Å²) >= 11 is 0. The van der Waals surface area contributed by atoms with Crippen molar-refractivity contribution in [3.8, 4) is 0 Å². The largest absolute Gasteiger partial charge is 0.478 e. The van der Waals surface area contributed by atoms with Gasteiger partial charge in [-0.25, -0.2) is 9.68 Å². The Hall–Kier alpha value is -1.13. The molecule has 2 N–H and O–H groups in total. The minimum absolute atomic E-state index is 0.0179. The van der Waals surface area contributed by atoms with Gasteiger partial charge < -0.3 is 5.11 Å². The maximum atomic E-state index is 10.2. The third-order valence-electron chi connectivity index (χ3n) is 3.66. The van der Waals surface area contributed by atoms with Gasteiger partial charge in [0.05, 0.1) is 6.10 Å². The van der Waals surface area contributed by atoms with Gasteiger partial charge in [0.1, 0.15) is 0 Å². The zero-order valence-corrected chi connectivity index (χ0v) is 13.9. The number of allylic oxidation sites excluding steroid dienone is 3. The van der Waals surface area contributed by atoms with Crippen LogP contribution in [0.15, 0.2) is 24.3 Å². The summed E-state index contributed by atoms with van der Waals surface area (Å²) in [6.45, 7) is 2.21. The van der Waals surface area contributed by atoms with Crippen molar-refractivity contribution in [2.24, 2.45) is 0 Å². The van der Waals surface area contributed by atoms with Crippen molar-refractivity contribution in [1.29, 1.82) is 0 Å². The summed E-state index contributed by atoms with van der Waals surface area (Å²) < 4.78 is 0. The molecule has 0 aromatic carbocycles. The van der Waals surface area contributed by atoms with E-state index in [2.05, 4.69) is 11.8 Å². The summed E-state index contributed by atoms with van der Waals surface area (Å²) in [5, 5.41) is 17.3. The first-order chi connectivity index (χ1) is 10.7. The topological polar surface area (TPSA) is 66.8 Å². The molecule has 0 bridgehead atoms. The van der Waals surface area contributed by atoms with E-state index in [1.807, 2.05) is 6.08 Å². The van der Waals surface area contributed by atoms with Gasteiger partial charge in [0.25, 0.3) is 0 Å². The Kier molecular flexibility index (Phi) is 15.4. The van der Waals surface area contributed by atoms with Gasteiger partial charge in [-0.1, -0.05) is 70.1 Å². The van der Waals surface area contributed by atoms with Crippen LogP contribution in [0.1, 0.15) is 77.6 Å². The zero-order chi connectivity index (χ0) is 16.5. The molecule has 0 fully saturated rings. The number of hydrogen-bond donors (Lipinski definition) is 2. The minimum Gasteiger partial charge on any atom is -0.478 e. The first kappa shape index (κ1) is 20.9. The number of aliphatic carboxylic acids is 1. The molecule has 0 amide bonds. The average molecular weight is 312 g/mol. The van der Waals surface area contributed by atoms with E-state index < -0.39 is 5.97 Å². The van der Waals surface area contributed by atoms with Gasteiger partial charge in [0.15, 0.2) is 0 Å². The molecular weight excluding hydrogens is 280 g/mol. The Labute approximate surface area is 134 Å². The first-order valence-electron chi connectivity index (χ1n) is 8.57. The molecule has 0 aromatic rings. The first-order valence-corrected chi connectivity index (χ1v) is 8.57. The Bertz CT molecular complexity index is 310. The van der Waals surface area contributed by atoms with E-state index in [-0.39, 0.29) is 6.10 Å². The highest BCUT2D eigenvalue weighted by Gasteiger charge is 2.08. The third kappa shape index (κ3) is 15.3. The second kappa shape index (κ2) is 16.2. The maximum Gasteiger partial charge on any atom is 0.328 e. The Balaban J connectivity index is 3.48. The second-order valence-corrected chi connectivity index (χ2v) is 5.69. The standard InChI is InChI=1S/C18H32O4/c1-2-3-4-8-11-14-17(22-21)15-12-9-6-5-7-10-13-16-18(19)20/h7,10,13,16-17,21H,2-6,8-9,11-12,14-15H2,1H3,(H,19,20)/t17-/m1/s1. The Morgan fingerprint density at radius 3 is 2.23 bits per heavy atom. The van der Waals surface area contributed by atoms with Gasteiger partial charge in [-0.15, -0.1) is 0 Å². The van der Waals surface area contributed by atoms with E-state index in [1.54, 1.807) is 6.08 Å². The van der Waals surface area contributed by atoms with Crippen LogP contribution in [0, 0.1) is 0 Å². The molecule has 4 heteroatoms. The van der Waals surface area contributed by atoms with Crippen molar-refractivity contribution in [1.82, 2.24) is 0 Å². The van der Waals surface area contributed by atoms with E-state index in [1.165, 1.54) is 31.8 Å². The molecule has 0 aromatic heterocycles. The average Bonchev–Trinajstić information content (AvgIpc) is 2.50. The maximum absolute atomic E-state index is 10.2. The molecule has 4 nitrogen and oxygen atoms in total. The second-order valence-electron chi connectivity index (χ2n) is 5.69. The van der Waals surface area contributed by atoms with Crippen LogP contribution in [0.3, 0.4) is 0 Å². The van der Waals surface area contributed by atoms with Crippen LogP contribution in [0.2, 0.25) is 0 Å². The van der Waals surface area contributed by atoms with Crippen LogP contribution < -0.4 is 0 Å². The molecule has 1 atom stereocenters. The lowest BCUT2D eigenvalue weighted by Gasteiger charge is -2.12.